The minimum Gasteiger partial charge on any atom is -0.493 e. The van der Waals surface area contributed by atoms with Crippen molar-refractivity contribution in [3.63, 3.8) is 0 Å². The molecule has 6 aromatic rings. The van der Waals surface area contributed by atoms with Crippen molar-refractivity contribution in [3.05, 3.63) is 175 Å². The summed E-state index contributed by atoms with van der Waals surface area (Å²) in [7, 11) is 2.48. The molecule has 6 N–H and O–H groups in total. The molecule has 4 aromatic carbocycles. The quantitative estimate of drug-likeness (QED) is 0.0237. The topological polar surface area (TPSA) is 262 Å². The number of hydrogen-bond acceptors (Lipinski definition) is 14. The summed E-state index contributed by atoms with van der Waals surface area (Å²) in [5.41, 5.74) is -3.39. The summed E-state index contributed by atoms with van der Waals surface area (Å²) < 4.78 is 22.7. The fourth-order valence-electron chi connectivity index (χ4n) is 8.83. The number of benzene rings is 4. The van der Waals surface area contributed by atoms with E-state index in [1.807, 2.05) is 27.7 Å². The first-order valence-corrected chi connectivity index (χ1v) is 25.1. The second-order valence-corrected chi connectivity index (χ2v) is 19.8. The van der Waals surface area contributed by atoms with Crippen molar-refractivity contribution in [1.29, 1.82) is 0 Å². The summed E-state index contributed by atoms with van der Waals surface area (Å²) in [4.78, 5) is 111. The Hall–Kier alpha value is -8.88. The van der Waals surface area contributed by atoms with Gasteiger partial charge in [0, 0.05) is 35.3 Å². The first kappa shape index (κ1) is 54.9. The summed E-state index contributed by atoms with van der Waals surface area (Å²) in [5, 5.41) is 37.8. The lowest BCUT2D eigenvalue weighted by Crippen LogP contribution is -2.86. The standard InChI is InChI=1S/C56H52N4O14S2/c1-31(2)11-25-45(61)57-37-19-13-33(14-20-37)49(63)59-55(53(67)68)47(35-17-23-39(41(29-35)71-5)73-51(65)43-9-7-27-75-43)56(54(69)70,60-50(64)34-15-21-38(22-16-34)58-46(62)26-12-32(3)4)48(55)36-18-24-40(42(30-36)72-6)74-52(66)44-10-8-28-76-44/h7-24,27-30,47-48H,25-26H2,1-6H3,(H,57,61)(H,58,62)(H,59,63)(H,60,64)(H,67,68)(H,69,70). The van der Waals surface area contributed by atoms with Crippen molar-refractivity contribution >= 4 is 81.6 Å². The van der Waals surface area contributed by atoms with Crippen LogP contribution in [0.15, 0.2) is 143 Å². The maximum Gasteiger partial charge on any atom is 0.353 e. The molecule has 1 fully saturated rings. The van der Waals surface area contributed by atoms with Gasteiger partial charge in [-0.2, -0.15) is 0 Å². The lowest BCUT2D eigenvalue weighted by atomic mass is 9.43. The second-order valence-electron chi connectivity index (χ2n) is 17.9. The van der Waals surface area contributed by atoms with Crippen LogP contribution in [0.5, 0.6) is 23.0 Å². The van der Waals surface area contributed by atoms with Gasteiger partial charge in [0.2, 0.25) is 11.8 Å². The van der Waals surface area contributed by atoms with E-state index in [0.29, 0.717) is 11.4 Å². The monoisotopic (exact) mass is 1070 g/mol. The first-order valence-electron chi connectivity index (χ1n) is 23.4. The number of carboxylic acids is 2. The number of allylic oxidation sites excluding steroid dienone is 2. The van der Waals surface area contributed by atoms with Gasteiger partial charge in [0.15, 0.2) is 34.1 Å². The molecule has 1 aliphatic carbocycles. The van der Waals surface area contributed by atoms with Gasteiger partial charge in [0.05, 0.1) is 26.1 Å². The van der Waals surface area contributed by atoms with Gasteiger partial charge >= 0.3 is 23.9 Å². The molecule has 392 valence electrons. The number of hydrogen-bond donors (Lipinski definition) is 6. The molecular formula is C56H52N4O14S2. The largest absolute Gasteiger partial charge is 0.493 e. The van der Waals surface area contributed by atoms with Gasteiger partial charge < -0.3 is 50.4 Å². The van der Waals surface area contributed by atoms with Crippen molar-refractivity contribution in [1.82, 2.24) is 10.6 Å². The molecule has 0 saturated heterocycles. The predicted molar refractivity (Wildman–Crippen MR) is 284 cm³/mol. The van der Waals surface area contributed by atoms with Gasteiger partial charge in [0.25, 0.3) is 11.8 Å². The Kier molecular flexibility index (Phi) is 17.0. The third-order valence-electron chi connectivity index (χ3n) is 12.3. The highest BCUT2D eigenvalue weighted by Gasteiger charge is 2.80. The molecule has 0 spiro atoms. The maximum atomic E-state index is 14.8. The van der Waals surface area contributed by atoms with E-state index in [9.17, 15) is 48.6 Å². The first-order chi connectivity index (χ1) is 36.3. The van der Waals surface area contributed by atoms with Crippen LogP contribution in [0.1, 0.15) is 104 Å². The number of carbonyl (C=O) groups excluding carboxylic acids is 6. The van der Waals surface area contributed by atoms with Crippen LogP contribution in [-0.2, 0) is 19.2 Å². The number of thiophene rings is 2. The highest BCUT2D eigenvalue weighted by molar-refractivity contribution is 7.12. The zero-order valence-electron chi connectivity index (χ0n) is 41.9. The van der Waals surface area contributed by atoms with E-state index >= 15 is 0 Å². The molecule has 0 atom stereocenters. The normalized spacial score (nSPS) is 17.3. The lowest BCUT2D eigenvalue weighted by Gasteiger charge is -2.64. The third kappa shape index (κ3) is 11.7. The van der Waals surface area contributed by atoms with Crippen LogP contribution in [0.25, 0.3) is 0 Å². The van der Waals surface area contributed by atoms with Crippen LogP contribution in [0.4, 0.5) is 11.4 Å². The molecule has 2 heterocycles. The van der Waals surface area contributed by atoms with E-state index in [-0.39, 0.29) is 79.7 Å². The van der Waals surface area contributed by atoms with Crippen molar-refractivity contribution < 1.29 is 67.5 Å². The zero-order chi connectivity index (χ0) is 54.9. The number of nitrogens with one attached hydrogen (secondary N) is 4. The van der Waals surface area contributed by atoms with Crippen LogP contribution >= 0.6 is 22.7 Å². The number of carbonyl (C=O) groups is 8. The molecule has 2 aromatic heterocycles. The number of carboxylic acid groups (broad SMARTS) is 2. The minimum atomic E-state index is -2.72. The second kappa shape index (κ2) is 23.5. The highest BCUT2D eigenvalue weighted by Crippen LogP contribution is 2.64. The zero-order valence-corrected chi connectivity index (χ0v) is 43.5. The van der Waals surface area contributed by atoms with Gasteiger partial charge in [-0.1, -0.05) is 47.6 Å². The number of aliphatic carboxylic acids is 2. The Morgan fingerprint density at radius 2 is 0.895 bits per heavy atom. The van der Waals surface area contributed by atoms with E-state index < -0.39 is 58.6 Å². The summed E-state index contributed by atoms with van der Waals surface area (Å²) >= 11 is 2.23. The van der Waals surface area contributed by atoms with Gasteiger partial charge in [0.1, 0.15) is 9.75 Å². The summed E-state index contributed by atoms with van der Waals surface area (Å²) in [5.74, 6) is -12.1. The SMILES string of the molecule is COc1cc(C2C(NC(=O)c3ccc(NC(=O)CC=C(C)C)cc3)(C(=O)O)C(c3ccc(OC(=O)c4cccs4)c(OC)c3)C2(NC(=O)c2ccc(NC(=O)CC=C(C)C)cc2)C(=O)O)ccc1OC(=O)c1cccs1. The van der Waals surface area contributed by atoms with Crippen LogP contribution in [0.3, 0.4) is 0 Å². The summed E-state index contributed by atoms with van der Waals surface area (Å²) in [6.07, 6.45) is 3.65. The van der Waals surface area contributed by atoms with Crippen molar-refractivity contribution in [2.45, 2.75) is 63.5 Å². The van der Waals surface area contributed by atoms with Gasteiger partial charge in [-0.05, 0) is 135 Å². The van der Waals surface area contributed by atoms with E-state index in [2.05, 4.69) is 21.3 Å². The smallest absolute Gasteiger partial charge is 0.353 e. The van der Waals surface area contributed by atoms with Gasteiger partial charge in [-0.15, -0.1) is 22.7 Å². The van der Waals surface area contributed by atoms with Gasteiger partial charge in [-0.3, -0.25) is 19.2 Å². The Morgan fingerprint density at radius 1 is 0.526 bits per heavy atom. The molecule has 76 heavy (non-hydrogen) atoms. The molecule has 1 saturated carbocycles. The number of amides is 4. The fourth-order valence-corrected chi connectivity index (χ4v) is 10.0. The van der Waals surface area contributed by atoms with E-state index in [1.165, 1.54) is 111 Å². The average molecular weight is 1070 g/mol. The molecule has 20 heteroatoms. The Labute approximate surface area is 444 Å². The minimum absolute atomic E-state index is 0.0857. The Balaban J connectivity index is 1.40. The van der Waals surface area contributed by atoms with Crippen LogP contribution in [0.2, 0.25) is 0 Å². The van der Waals surface area contributed by atoms with E-state index in [0.717, 1.165) is 33.8 Å². The third-order valence-corrected chi connectivity index (χ3v) is 14.0. The van der Waals surface area contributed by atoms with Crippen LogP contribution in [-0.4, -0.2) is 83.0 Å². The van der Waals surface area contributed by atoms with E-state index in [1.54, 1.807) is 35.0 Å². The molecule has 18 nitrogen and oxygen atoms in total. The number of ether oxygens (including phenoxy) is 4. The molecule has 0 unspecified atom stereocenters. The van der Waals surface area contributed by atoms with Crippen molar-refractivity contribution in [2.24, 2.45) is 0 Å². The van der Waals surface area contributed by atoms with Crippen LogP contribution < -0.4 is 40.2 Å². The number of methoxy groups -OCH3 is 2. The summed E-state index contributed by atoms with van der Waals surface area (Å²) in [6.45, 7) is 7.38. The Morgan fingerprint density at radius 3 is 1.20 bits per heavy atom. The van der Waals surface area contributed by atoms with Crippen molar-refractivity contribution in [3.8, 4) is 23.0 Å². The molecular weight excluding hydrogens is 1020 g/mol. The number of anilines is 2. The molecule has 0 aliphatic heterocycles. The predicted octanol–water partition coefficient (Wildman–Crippen LogP) is 9.24. The molecule has 1 aliphatic rings. The molecule has 0 radical (unpaired) electrons. The number of esters is 2. The molecule has 0 bridgehead atoms. The number of rotatable bonds is 20. The fraction of sp³-hybridized carbons (Fsp3) is 0.214. The van der Waals surface area contributed by atoms with Crippen molar-refractivity contribution in [2.75, 3.05) is 24.9 Å². The lowest BCUT2D eigenvalue weighted by molar-refractivity contribution is -0.171. The molecule has 4 amide bonds. The average Bonchev–Trinajstić information content (AvgIpc) is 4.24. The highest BCUT2D eigenvalue weighted by atomic mass is 32.1. The van der Waals surface area contributed by atoms with Crippen LogP contribution in [0, 0.1) is 0 Å². The molecule has 7 rings (SSSR count). The van der Waals surface area contributed by atoms with Gasteiger partial charge in [-0.25, -0.2) is 19.2 Å². The van der Waals surface area contributed by atoms with E-state index in [4.69, 9.17) is 18.9 Å². The maximum absolute atomic E-state index is 14.8. The summed E-state index contributed by atoms with van der Waals surface area (Å²) in [6, 6.07) is 25.1. The Bertz CT molecular complexity index is 3020.